The van der Waals surface area contributed by atoms with Gasteiger partial charge in [0, 0.05) is 116 Å². The molecule has 16 heteroatoms. The molecular weight excluding hydrogens is 799 g/mol. The van der Waals surface area contributed by atoms with Gasteiger partial charge in [-0.15, -0.1) is 0 Å². The third-order valence-electron chi connectivity index (χ3n) is 12.3. The van der Waals surface area contributed by atoms with Crippen molar-refractivity contribution in [1.29, 1.82) is 0 Å². The van der Waals surface area contributed by atoms with Crippen LogP contribution in [0.2, 0.25) is 20.5 Å². The Morgan fingerprint density at radius 3 is 1.51 bits per heavy atom. The van der Waals surface area contributed by atoms with Crippen LogP contribution >= 0.6 is 0 Å². The minimum absolute atomic E-state index is 0.0239. The molecule has 63 heavy (non-hydrogen) atoms. The van der Waals surface area contributed by atoms with E-state index in [0.29, 0.717) is 50.8 Å². The lowest BCUT2D eigenvalue weighted by molar-refractivity contribution is 0.0511. The molecule has 0 unspecified atom stereocenters. The predicted molar refractivity (Wildman–Crippen MR) is 255 cm³/mol. The van der Waals surface area contributed by atoms with Gasteiger partial charge in [0.1, 0.15) is 17.2 Å². The Labute approximate surface area is 370 Å². The zero-order chi connectivity index (χ0) is 44.9. The molecule has 0 amide bonds. The molecule has 6 aromatic rings. The molecule has 0 radical (unpaired) electrons. The Bertz CT molecular complexity index is 2510. The molecule has 5 N–H and O–H groups in total. The zero-order valence-electron chi connectivity index (χ0n) is 37.2. The average Bonchev–Trinajstić information content (AvgIpc) is 3.84. The van der Waals surface area contributed by atoms with Crippen LogP contribution in [0.4, 0.5) is 17.1 Å². The first-order chi connectivity index (χ1) is 30.4. The molecule has 3 aliphatic heterocycles. The van der Waals surface area contributed by atoms with E-state index < -0.39 is 21.2 Å². The molecule has 6 aromatic carbocycles. The highest BCUT2D eigenvalue weighted by molar-refractivity contribution is 6.55. The van der Waals surface area contributed by atoms with Gasteiger partial charge in [-0.1, -0.05) is 72.8 Å². The van der Waals surface area contributed by atoms with E-state index in [1.54, 1.807) is 48.9 Å². The Hall–Kier alpha value is -5.19. The second-order valence-corrected chi connectivity index (χ2v) is 16.5. The summed E-state index contributed by atoms with van der Waals surface area (Å²) in [5.41, 5.74) is 5.62. The Morgan fingerprint density at radius 1 is 0.556 bits per heavy atom. The second-order valence-electron chi connectivity index (χ2n) is 16.5. The van der Waals surface area contributed by atoms with Crippen LogP contribution in [-0.4, -0.2) is 121 Å². The first-order valence-corrected chi connectivity index (χ1v) is 21.4. The Kier molecular flexibility index (Phi) is 14.6. The van der Waals surface area contributed by atoms with Crippen molar-refractivity contribution in [1.82, 2.24) is 0 Å². The van der Waals surface area contributed by atoms with Crippen molar-refractivity contribution in [2.45, 2.75) is 44.8 Å². The maximum absolute atomic E-state index is 10.6. The number of aromatic hydroxyl groups is 2. The van der Waals surface area contributed by atoms with Crippen LogP contribution in [0.15, 0.2) is 91.0 Å². The maximum Gasteiger partial charge on any atom is 0.409 e. The summed E-state index contributed by atoms with van der Waals surface area (Å²) in [6.45, 7) is 8.54. The fourth-order valence-corrected chi connectivity index (χ4v) is 9.36. The van der Waals surface area contributed by atoms with Crippen molar-refractivity contribution < 1.29 is 49.0 Å². The SMILES string of the molecule is COCOc1c2c(cc3ccccc13)N(B(C)O)C[C@H]2COC.COC[C@@H]1CN(B(C)O)c2cc3ccccc3c(O)c21.CO[C@H]1Cc2c(cc3ccccc3c2O)N(B(C)O)C1. The number of hydrogen-bond acceptors (Lipinski definition) is 13. The summed E-state index contributed by atoms with van der Waals surface area (Å²) in [4.78, 5) is 5.77. The lowest BCUT2D eigenvalue weighted by Gasteiger charge is -2.37. The van der Waals surface area contributed by atoms with Gasteiger partial charge in [-0.25, -0.2) is 0 Å². The van der Waals surface area contributed by atoms with Crippen molar-refractivity contribution in [3.63, 3.8) is 0 Å². The zero-order valence-corrected chi connectivity index (χ0v) is 37.2. The van der Waals surface area contributed by atoms with Gasteiger partial charge in [0.15, 0.2) is 6.79 Å². The molecule has 0 saturated carbocycles. The summed E-state index contributed by atoms with van der Waals surface area (Å²) >= 11 is 0. The molecule has 0 aliphatic carbocycles. The Morgan fingerprint density at radius 2 is 1.00 bits per heavy atom. The van der Waals surface area contributed by atoms with Crippen LogP contribution in [0.1, 0.15) is 28.5 Å². The van der Waals surface area contributed by atoms with E-state index in [-0.39, 0.29) is 24.7 Å². The van der Waals surface area contributed by atoms with Crippen molar-refractivity contribution in [3.8, 4) is 17.2 Å². The van der Waals surface area contributed by atoms with E-state index in [2.05, 4.69) is 18.2 Å². The van der Waals surface area contributed by atoms with Gasteiger partial charge in [-0.2, -0.15) is 0 Å². The number of rotatable bonds is 11. The highest BCUT2D eigenvalue weighted by atomic mass is 16.7. The topological polar surface area (TPSA) is 157 Å². The largest absolute Gasteiger partial charge is 0.507 e. The standard InChI is InChI=1S/C17H22BNO4.2C15H18BNO3/c1-18(20)19-9-13(10-21-2)16-15(19)8-12-6-4-5-7-14(12)17(16)23-11-22-3;1-16(19)17-9-11(20-2)8-13-14(17)7-10-5-3-4-6-12(10)15(13)18;1-16(19)17-8-11(9-20-2)14-13(17)7-10-5-3-4-6-12(10)15(14)18/h4-8,13,20H,9-11H2,1-3H3;2*3-7,11,18-19H,8-9H2,1-2H3/t13-;2*11-/m000/s1. The van der Waals surface area contributed by atoms with E-state index in [1.807, 2.05) is 87.2 Å². The van der Waals surface area contributed by atoms with Crippen LogP contribution in [0, 0.1) is 0 Å². The van der Waals surface area contributed by atoms with Gasteiger partial charge < -0.3 is 63.4 Å². The summed E-state index contributed by atoms with van der Waals surface area (Å²) < 4.78 is 27.1. The number of fused-ring (bicyclic) bond motifs is 6. The van der Waals surface area contributed by atoms with Crippen molar-refractivity contribution in [2.24, 2.45) is 0 Å². The molecule has 9 rings (SSSR count). The van der Waals surface area contributed by atoms with Crippen molar-refractivity contribution >= 4 is 70.5 Å². The van der Waals surface area contributed by atoms with Crippen LogP contribution in [0.5, 0.6) is 17.2 Å². The van der Waals surface area contributed by atoms with Crippen molar-refractivity contribution in [2.75, 3.05) is 82.5 Å². The lowest BCUT2D eigenvalue weighted by atomic mass is 9.80. The normalized spacial score (nSPS) is 17.4. The van der Waals surface area contributed by atoms with E-state index in [9.17, 15) is 25.3 Å². The molecule has 0 bridgehead atoms. The number of ether oxygens (including phenoxy) is 5. The molecule has 3 heterocycles. The van der Waals surface area contributed by atoms with E-state index in [1.165, 1.54) is 0 Å². The molecule has 3 aliphatic rings. The van der Waals surface area contributed by atoms with Gasteiger partial charge in [0.2, 0.25) is 0 Å². The summed E-state index contributed by atoms with van der Waals surface area (Å²) in [5.74, 6) is 1.66. The summed E-state index contributed by atoms with van der Waals surface area (Å²) in [6.07, 6.45) is 0.635. The Balaban J connectivity index is 0.000000142. The minimum atomic E-state index is -0.618. The van der Waals surface area contributed by atoms with Gasteiger partial charge in [0.05, 0.1) is 19.3 Å². The number of nitrogens with zero attached hydrogens (tertiary/aromatic N) is 3. The number of methoxy groups -OCH3 is 4. The highest BCUT2D eigenvalue weighted by Crippen LogP contribution is 2.48. The van der Waals surface area contributed by atoms with Crippen molar-refractivity contribution in [3.05, 3.63) is 108 Å². The summed E-state index contributed by atoms with van der Waals surface area (Å²) in [6, 6.07) is 29.8. The monoisotopic (exact) mass is 857 g/mol. The number of phenols is 2. The predicted octanol–water partition coefficient (Wildman–Crippen LogP) is 6.72. The maximum atomic E-state index is 10.6. The fourth-order valence-electron chi connectivity index (χ4n) is 9.36. The first-order valence-electron chi connectivity index (χ1n) is 21.4. The van der Waals surface area contributed by atoms with Crippen LogP contribution < -0.4 is 19.2 Å². The summed E-state index contributed by atoms with van der Waals surface area (Å²) in [5, 5.41) is 57.0. The number of benzene rings is 6. The van der Waals surface area contributed by atoms with Crippen LogP contribution in [0.3, 0.4) is 0 Å². The van der Waals surface area contributed by atoms with E-state index in [0.717, 1.165) is 71.8 Å². The van der Waals surface area contributed by atoms with E-state index >= 15 is 0 Å². The molecular formula is C47H58B3N3O10. The molecule has 3 atom stereocenters. The molecule has 0 aromatic heterocycles. The highest BCUT2D eigenvalue weighted by Gasteiger charge is 2.37. The molecule has 330 valence electrons. The number of hydrogen-bond donors (Lipinski definition) is 5. The summed E-state index contributed by atoms with van der Waals surface area (Å²) in [7, 11) is 4.86. The van der Waals surface area contributed by atoms with Crippen LogP contribution in [-0.2, 0) is 25.4 Å². The van der Waals surface area contributed by atoms with Gasteiger partial charge in [-0.3, -0.25) is 0 Å². The fraction of sp³-hybridized carbons (Fsp3) is 0.362. The van der Waals surface area contributed by atoms with E-state index in [4.69, 9.17) is 23.7 Å². The molecule has 0 fully saturated rings. The average molecular weight is 857 g/mol. The second kappa shape index (κ2) is 20.1. The molecule has 0 saturated heterocycles. The lowest BCUT2D eigenvalue weighted by Crippen LogP contribution is -2.47. The third-order valence-corrected chi connectivity index (χ3v) is 12.3. The molecule has 0 spiro atoms. The first kappa shape index (κ1) is 45.8. The quantitative estimate of drug-likeness (QED) is 0.0692. The van der Waals surface area contributed by atoms with Crippen LogP contribution in [0.25, 0.3) is 32.3 Å². The smallest absolute Gasteiger partial charge is 0.409 e. The number of anilines is 3. The van der Waals surface area contributed by atoms with Gasteiger partial charge in [0.25, 0.3) is 0 Å². The minimum Gasteiger partial charge on any atom is -0.507 e. The third kappa shape index (κ3) is 9.25. The van der Waals surface area contributed by atoms with Gasteiger partial charge in [-0.05, 0) is 54.8 Å². The van der Waals surface area contributed by atoms with Gasteiger partial charge >= 0.3 is 21.2 Å². The number of phenolic OH excluding ortho intramolecular Hbond substituents is 2. The molecule has 13 nitrogen and oxygen atoms in total.